The van der Waals surface area contributed by atoms with Crippen molar-refractivity contribution >= 4 is 69.5 Å². The number of hydrogen-bond acceptors (Lipinski definition) is 1. The van der Waals surface area contributed by atoms with Gasteiger partial charge in [0.15, 0.2) is 5.78 Å². The van der Waals surface area contributed by atoms with Gasteiger partial charge in [-0.15, -0.1) is 0 Å². The van der Waals surface area contributed by atoms with E-state index in [0.717, 1.165) is 0 Å². The minimum atomic E-state index is -0.406. The van der Waals surface area contributed by atoms with Crippen LogP contribution in [0.2, 0.25) is 0 Å². The molecule has 5 heteroatoms. The second kappa shape index (κ2) is 3.56. The predicted molar refractivity (Wildman–Crippen MR) is 69.2 cm³/mol. The molecule has 1 aliphatic rings. The summed E-state index contributed by atoms with van der Waals surface area (Å²) >= 11 is 13.8. The Bertz CT molecular complexity index is 243. The Kier molecular flexibility index (Phi) is 3.47. The number of rotatable bonds is 1. The first kappa shape index (κ1) is 12.7. The number of ketones is 1. The fraction of sp³-hybridized carbons (Fsp3) is 0.875. The van der Waals surface area contributed by atoms with Gasteiger partial charge in [0.2, 0.25) is 0 Å². The summed E-state index contributed by atoms with van der Waals surface area (Å²) in [7, 11) is 0. The van der Waals surface area contributed by atoms with E-state index in [2.05, 4.69) is 77.6 Å². The molecule has 0 aliphatic heterocycles. The molecular weight excluding hydrogens is 432 g/mol. The lowest BCUT2D eigenvalue weighted by Crippen LogP contribution is -2.59. The minimum absolute atomic E-state index is 0.0324. The third-order valence-corrected chi connectivity index (χ3v) is 5.20. The summed E-state index contributed by atoms with van der Waals surface area (Å²) in [4.78, 5) is 11.5. The number of carbonyl (C=O) groups is 1. The van der Waals surface area contributed by atoms with Gasteiger partial charge in [0, 0.05) is 12.8 Å². The van der Waals surface area contributed by atoms with Crippen LogP contribution in [-0.2, 0) is 4.79 Å². The van der Waals surface area contributed by atoms with E-state index in [4.69, 9.17) is 0 Å². The Labute approximate surface area is 112 Å². The molecule has 0 saturated heterocycles. The van der Waals surface area contributed by atoms with E-state index in [0.29, 0.717) is 12.8 Å². The Morgan fingerprint density at radius 3 is 2.00 bits per heavy atom. The van der Waals surface area contributed by atoms with E-state index in [1.165, 1.54) is 0 Å². The van der Waals surface area contributed by atoms with E-state index >= 15 is 0 Å². The van der Waals surface area contributed by atoms with Gasteiger partial charge in [-0.3, -0.25) is 4.79 Å². The minimum Gasteiger partial charge on any atom is -0.298 e. The maximum Gasteiger partial charge on any atom is 0.150 e. The van der Waals surface area contributed by atoms with Gasteiger partial charge < -0.3 is 0 Å². The van der Waals surface area contributed by atoms with Gasteiger partial charge in [0.05, 0.1) is 4.32 Å². The highest BCUT2D eigenvalue weighted by Crippen LogP contribution is 2.59. The maximum absolute atomic E-state index is 11.5. The molecule has 1 atom stereocenters. The summed E-state index contributed by atoms with van der Waals surface area (Å²) < 4.78 is -0.764. The third kappa shape index (κ3) is 2.40. The maximum atomic E-state index is 11.5. The van der Waals surface area contributed by atoms with Gasteiger partial charge >= 0.3 is 0 Å². The number of carbonyl (C=O) groups excluding carboxylic acids is 1. The molecule has 1 fully saturated rings. The van der Waals surface area contributed by atoms with E-state index in [9.17, 15) is 4.79 Å². The van der Waals surface area contributed by atoms with Crippen LogP contribution in [0.4, 0.5) is 0 Å². The molecule has 76 valence electrons. The lowest BCUT2D eigenvalue weighted by Gasteiger charge is -2.51. The van der Waals surface area contributed by atoms with Crippen LogP contribution >= 0.6 is 63.7 Å². The summed E-state index contributed by atoms with van der Waals surface area (Å²) in [5.74, 6) is 0.278. The van der Waals surface area contributed by atoms with Crippen LogP contribution in [0.3, 0.4) is 0 Å². The first-order valence-corrected chi connectivity index (χ1v) is 7.05. The van der Waals surface area contributed by atoms with Crippen LogP contribution in [0.15, 0.2) is 0 Å². The summed E-state index contributed by atoms with van der Waals surface area (Å²) in [5, 5.41) is 0. The topological polar surface area (TPSA) is 17.1 Å². The molecule has 13 heavy (non-hydrogen) atoms. The van der Waals surface area contributed by atoms with Gasteiger partial charge in [0.1, 0.15) is 2.14 Å². The SMILES string of the molecule is CC1(C)CC(=O)C1(Br)CC(Br)(Br)Br. The van der Waals surface area contributed by atoms with E-state index in [1.807, 2.05) is 0 Å². The number of alkyl halides is 4. The first-order chi connectivity index (χ1) is 5.58. The molecule has 0 bridgehead atoms. The van der Waals surface area contributed by atoms with Crippen molar-refractivity contribution in [3.8, 4) is 0 Å². The fourth-order valence-electron chi connectivity index (χ4n) is 1.57. The second-order valence-corrected chi connectivity index (χ2v) is 12.7. The lowest BCUT2D eigenvalue weighted by molar-refractivity contribution is -0.136. The molecule has 0 aromatic carbocycles. The van der Waals surface area contributed by atoms with E-state index in [-0.39, 0.29) is 13.3 Å². The van der Waals surface area contributed by atoms with Crippen molar-refractivity contribution in [2.45, 2.75) is 33.2 Å². The van der Waals surface area contributed by atoms with Crippen LogP contribution in [0.1, 0.15) is 26.7 Å². The van der Waals surface area contributed by atoms with Crippen LogP contribution in [0, 0.1) is 5.41 Å². The van der Waals surface area contributed by atoms with Gasteiger partial charge in [-0.05, 0) is 5.41 Å². The molecule has 0 aromatic heterocycles. The summed E-state index contributed by atoms with van der Waals surface area (Å²) in [6.07, 6.45) is 1.33. The van der Waals surface area contributed by atoms with E-state index < -0.39 is 4.32 Å². The Morgan fingerprint density at radius 1 is 1.38 bits per heavy atom. The van der Waals surface area contributed by atoms with Crippen LogP contribution in [0.25, 0.3) is 0 Å². The zero-order valence-electron chi connectivity index (χ0n) is 7.33. The zero-order chi connectivity index (χ0) is 10.5. The normalized spacial score (nSPS) is 32.9. The van der Waals surface area contributed by atoms with E-state index in [1.54, 1.807) is 0 Å². The second-order valence-electron chi connectivity index (χ2n) is 4.08. The van der Waals surface area contributed by atoms with Crippen molar-refractivity contribution in [1.82, 2.24) is 0 Å². The van der Waals surface area contributed by atoms with Crippen molar-refractivity contribution in [2.24, 2.45) is 5.41 Å². The largest absolute Gasteiger partial charge is 0.298 e. The van der Waals surface area contributed by atoms with Gasteiger partial charge in [-0.2, -0.15) is 0 Å². The highest BCUT2D eigenvalue weighted by molar-refractivity contribution is 9.39. The molecule has 0 radical (unpaired) electrons. The number of hydrogen-bond donors (Lipinski definition) is 0. The number of Topliss-reactive ketones (excluding diaryl/α,β-unsaturated/α-hetero) is 1. The predicted octanol–water partition coefficient (Wildman–Crippen LogP) is 4.35. The first-order valence-electron chi connectivity index (χ1n) is 3.87. The molecule has 1 unspecified atom stereocenters. The van der Waals surface area contributed by atoms with Crippen LogP contribution < -0.4 is 0 Å². The monoisotopic (exact) mass is 438 g/mol. The summed E-state index contributed by atoms with van der Waals surface area (Å²) in [6.45, 7) is 4.20. The molecule has 0 spiro atoms. The Balaban J connectivity index is 2.82. The molecule has 0 aromatic rings. The molecule has 0 amide bonds. The molecule has 1 aliphatic carbocycles. The zero-order valence-corrected chi connectivity index (χ0v) is 13.7. The van der Waals surface area contributed by atoms with Crippen LogP contribution in [-0.4, -0.2) is 12.3 Å². The van der Waals surface area contributed by atoms with Crippen molar-refractivity contribution in [3.05, 3.63) is 0 Å². The number of halogens is 4. The summed E-state index contributed by atoms with van der Waals surface area (Å²) in [6, 6.07) is 0. The molecule has 1 rings (SSSR count). The standard InChI is InChI=1S/C8H10Br4O/c1-6(2)3-5(13)7(6,9)4-8(10,11)12/h3-4H2,1-2H3. The molecule has 0 N–H and O–H groups in total. The highest BCUT2D eigenvalue weighted by Gasteiger charge is 2.60. The third-order valence-electron chi connectivity index (χ3n) is 2.56. The van der Waals surface area contributed by atoms with Crippen LogP contribution in [0.5, 0.6) is 0 Å². The summed E-state index contributed by atoms with van der Waals surface area (Å²) in [5.41, 5.74) is 0.0324. The molecule has 1 saturated carbocycles. The van der Waals surface area contributed by atoms with Crippen molar-refractivity contribution in [3.63, 3.8) is 0 Å². The quantitative estimate of drug-likeness (QED) is 0.553. The van der Waals surface area contributed by atoms with Gasteiger partial charge in [-0.1, -0.05) is 77.6 Å². The average Bonchev–Trinajstić information content (AvgIpc) is 1.82. The van der Waals surface area contributed by atoms with Crippen molar-refractivity contribution in [1.29, 1.82) is 0 Å². The molecular formula is C8H10Br4O. The Morgan fingerprint density at radius 2 is 1.85 bits per heavy atom. The Hall–Kier alpha value is 1.59. The van der Waals surface area contributed by atoms with Crippen molar-refractivity contribution in [2.75, 3.05) is 0 Å². The molecule has 1 nitrogen and oxygen atoms in total. The van der Waals surface area contributed by atoms with Gasteiger partial charge in [-0.25, -0.2) is 0 Å². The highest BCUT2D eigenvalue weighted by atomic mass is 80.0. The average molecular weight is 442 g/mol. The molecule has 0 heterocycles. The van der Waals surface area contributed by atoms with Gasteiger partial charge in [0.25, 0.3) is 0 Å². The van der Waals surface area contributed by atoms with Crippen molar-refractivity contribution < 1.29 is 4.79 Å². The smallest absolute Gasteiger partial charge is 0.150 e. The fourth-order valence-corrected chi connectivity index (χ4v) is 4.66. The lowest BCUT2D eigenvalue weighted by atomic mass is 9.60.